The van der Waals surface area contributed by atoms with Crippen LogP contribution >= 0.6 is 7.37 Å². The first-order chi connectivity index (χ1) is 6.60. The van der Waals surface area contributed by atoms with E-state index in [9.17, 15) is 9.67 Å². The number of rotatable bonds is 7. The lowest BCUT2D eigenvalue weighted by Gasteiger charge is -2.21. The molecular weight excluding hydrogens is 201 g/mol. The fourth-order valence-corrected chi connectivity index (χ4v) is 3.28. The highest BCUT2D eigenvalue weighted by Crippen LogP contribution is 2.52. The highest BCUT2D eigenvalue weighted by Gasteiger charge is 2.31. The summed E-state index contributed by atoms with van der Waals surface area (Å²) < 4.78 is 17.1. The second-order valence-corrected chi connectivity index (χ2v) is 5.80. The topological polar surface area (TPSA) is 70.3 Å². The van der Waals surface area contributed by atoms with Crippen LogP contribution in [0, 0.1) is 11.3 Å². The van der Waals surface area contributed by atoms with Crippen molar-refractivity contribution in [3.63, 3.8) is 0 Å². The summed E-state index contributed by atoms with van der Waals surface area (Å²) >= 11 is 0. The normalized spacial score (nSPS) is 17.0. The van der Waals surface area contributed by atoms with Gasteiger partial charge in [-0.15, -0.1) is 0 Å². The average Bonchev–Trinajstić information content (AvgIpc) is 2.15. The van der Waals surface area contributed by atoms with Crippen molar-refractivity contribution in [3.05, 3.63) is 0 Å². The molecular formula is C9H18NO3P. The lowest BCUT2D eigenvalue weighted by Crippen LogP contribution is -2.12. The fourth-order valence-electron chi connectivity index (χ4n) is 1.18. The van der Waals surface area contributed by atoms with Gasteiger partial charge >= 0.3 is 0 Å². The number of aliphatic hydroxyl groups excluding tert-OH is 1. The summed E-state index contributed by atoms with van der Waals surface area (Å²) in [5.74, 6) is -0.916. The van der Waals surface area contributed by atoms with Crippen LogP contribution in [-0.2, 0) is 9.09 Å². The van der Waals surface area contributed by atoms with Crippen LogP contribution in [0.2, 0.25) is 0 Å². The van der Waals surface area contributed by atoms with Crippen molar-refractivity contribution in [1.82, 2.24) is 0 Å². The Kier molecular flexibility index (Phi) is 6.82. The fraction of sp³-hybridized carbons (Fsp3) is 0.889. The standard InChI is InChI=1S/C9H18NO3P/c1-3-6-9(11)14(12,13-4-2)8-5-7-10/h9,11H,3-6,8H2,1-2H3. The first-order valence-electron chi connectivity index (χ1n) is 4.89. The van der Waals surface area contributed by atoms with E-state index in [-0.39, 0.29) is 12.6 Å². The molecule has 0 aromatic carbocycles. The van der Waals surface area contributed by atoms with Crippen LogP contribution in [0.25, 0.3) is 0 Å². The van der Waals surface area contributed by atoms with Crippen molar-refractivity contribution in [2.24, 2.45) is 0 Å². The average molecular weight is 219 g/mol. The summed E-state index contributed by atoms with van der Waals surface area (Å²) in [5.41, 5.74) is 0. The minimum Gasteiger partial charge on any atom is -0.383 e. The van der Waals surface area contributed by atoms with Gasteiger partial charge in [0.15, 0.2) is 0 Å². The molecule has 0 aliphatic heterocycles. The van der Waals surface area contributed by atoms with Crippen LogP contribution in [0.3, 0.4) is 0 Å². The third-order valence-corrected chi connectivity index (χ3v) is 4.59. The monoisotopic (exact) mass is 219 g/mol. The maximum absolute atomic E-state index is 12.0. The zero-order chi connectivity index (χ0) is 11.0. The number of aliphatic hydroxyl groups is 1. The molecule has 0 spiro atoms. The zero-order valence-electron chi connectivity index (χ0n) is 8.77. The Hall–Kier alpha value is -0.360. The van der Waals surface area contributed by atoms with E-state index in [1.165, 1.54) is 0 Å². The molecule has 0 fully saturated rings. The van der Waals surface area contributed by atoms with Crippen molar-refractivity contribution in [2.45, 2.75) is 39.0 Å². The molecule has 0 aromatic rings. The van der Waals surface area contributed by atoms with Gasteiger partial charge in [-0.25, -0.2) is 0 Å². The molecule has 2 unspecified atom stereocenters. The maximum Gasteiger partial charge on any atom is 0.231 e. The molecule has 0 radical (unpaired) electrons. The van der Waals surface area contributed by atoms with Crippen molar-refractivity contribution in [2.75, 3.05) is 12.8 Å². The van der Waals surface area contributed by atoms with E-state index in [0.29, 0.717) is 13.0 Å². The van der Waals surface area contributed by atoms with Crippen LogP contribution < -0.4 is 0 Å². The highest BCUT2D eigenvalue weighted by atomic mass is 31.2. The van der Waals surface area contributed by atoms with Gasteiger partial charge in [-0.3, -0.25) is 4.57 Å². The van der Waals surface area contributed by atoms with E-state index in [2.05, 4.69) is 0 Å². The van der Waals surface area contributed by atoms with E-state index in [4.69, 9.17) is 9.79 Å². The molecule has 1 N–H and O–H groups in total. The second-order valence-electron chi connectivity index (χ2n) is 3.04. The highest BCUT2D eigenvalue weighted by molar-refractivity contribution is 7.59. The Morgan fingerprint density at radius 1 is 1.57 bits per heavy atom. The number of nitriles is 1. The van der Waals surface area contributed by atoms with Crippen molar-refractivity contribution >= 4 is 7.37 Å². The Labute approximate surface area is 85.3 Å². The predicted octanol–water partition coefficient (Wildman–Crippen LogP) is 2.33. The van der Waals surface area contributed by atoms with Gasteiger partial charge in [0.1, 0.15) is 5.85 Å². The number of hydrogen-bond donors (Lipinski definition) is 1. The summed E-state index contributed by atoms with van der Waals surface area (Å²) in [4.78, 5) is 0. The first-order valence-corrected chi connectivity index (χ1v) is 6.77. The van der Waals surface area contributed by atoms with Crippen LogP contribution in [0.4, 0.5) is 0 Å². The van der Waals surface area contributed by atoms with E-state index < -0.39 is 13.2 Å². The molecule has 4 nitrogen and oxygen atoms in total. The maximum atomic E-state index is 12.0. The Morgan fingerprint density at radius 3 is 2.64 bits per heavy atom. The van der Waals surface area contributed by atoms with E-state index in [0.717, 1.165) is 6.42 Å². The smallest absolute Gasteiger partial charge is 0.231 e. The van der Waals surface area contributed by atoms with E-state index >= 15 is 0 Å². The molecule has 0 bridgehead atoms. The second kappa shape index (κ2) is 7.00. The lowest BCUT2D eigenvalue weighted by molar-refractivity contribution is 0.201. The summed E-state index contributed by atoms with van der Waals surface area (Å²) in [6.07, 6.45) is 1.53. The van der Waals surface area contributed by atoms with Crippen LogP contribution in [0.1, 0.15) is 33.1 Å². The first kappa shape index (κ1) is 13.6. The molecule has 0 amide bonds. The van der Waals surface area contributed by atoms with Gasteiger partial charge in [0.25, 0.3) is 0 Å². The van der Waals surface area contributed by atoms with Crippen LogP contribution in [0.15, 0.2) is 0 Å². The van der Waals surface area contributed by atoms with Crippen LogP contribution in [-0.4, -0.2) is 23.7 Å². The number of hydrogen-bond acceptors (Lipinski definition) is 4. The zero-order valence-corrected chi connectivity index (χ0v) is 9.67. The van der Waals surface area contributed by atoms with Crippen molar-refractivity contribution in [3.8, 4) is 6.07 Å². The number of nitrogens with zero attached hydrogens (tertiary/aromatic N) is 1. The van der Waals surface area contributed by atoms with E-state index in [1.807, 2.05) is 13.0 Å². The minimum atomic E-state index is -3.01. The van der Waals surface area contributed by atoms with Gasteiger partial charge in [0, 0.05) is 12.6 Å². The SMILES string of the molecule is CCCC(O)P(=O)(CCC#N)OCC. The molecule has 2 atom stereocenters. The molecule has 0 heterocycles. The van der Waals surface area contributed by atoms with Crippen LogP contribution in [0.5, 0.6) is 0 Å². The van der Waals surface area contributed by atoms with Gasteiger partial charge in [-0.1, -0.05) is 13.3 Å². The third-order valence-electron chi connectivity index (χ3n) is 1.88. The molecule has 0 aliphatic carbocycles. The summed E-state index contributed by atoms with van der Waals surface area (Å²) in [6, 6.07) is 1.92. The van der Waals surface area contributed by atoms with Gasteiger partial charge in [0.2, 0.25) is 7.37 Å². The Morgan fingerprint density at radius 2 is 2.21 bits per heavy atom. The molecule has 82 valence electrons. The Bertz CT molecular complexity index is 237. The quantitative estimate of drug-likeness (QED) is 0.667. The minimum absolute atomic E-state index is 0.151. The summed E-state index contributed by atoms with van der Waals surface area (Å²) in [6.45, 7) is 3.95. The molecule has 0 rings (SSSR count). The summed E-state index contributed by atoms with van der Waals surface area (Å²) in [7, 11) is -3.01. The third kappa shape index (κ3) is 4.23. The molecule has 0 saturated carbocycles. The molecule has 0 aliphatic rings. The Balaban J connectivity index is 4.37. The van der Waals surface area contributed by atoms with Gasteiger partial charge in [-0.2, -0.15) is 5.26 Å². The van der Waals surface area contributed by atoms with Gasteiger partial charge < -0.3 is 9.63 Å². The van der Waals surface area contributed by atoms with E-state index in [1.54, 1.807) is 6.92 Å². The molecule has 0 aromatic heterocycles. The predicted molar refractivity (Wildman–Crippen MR) is 55.2 cm³/mol. The largest absolute Gasteiger partial charge is 0.383 e. The van der Waals surface area contributed by atoms with Gasteiger partial charge in [0.05, 0.1) is 12.7 Å². The van der Waals surface area contributed by atoms with Gasteiger partial charge in [-0.05, 0) is 13.3 Å². The van der Waals surface area contributed by atoms with Crippen molar-refractivity contribution < 1.29 is 14.2 Å². The summed E-state index contributed by atoms with van der Waals surface area (Å²) in [5, 5.41) is 18.0. The molecule has 0 saturated heterocycles. The molecule has 14 heavy (non-hydrogen) atoms. The lowest BCUT2D eigenvalue weighted by atomic mass is 10.4. The van der Waals surface area contributed by atoms with Crippen molar-refractivity contribution in [1.29, 1.82) is 5.26 Å². The molecule has 5 heteroatoms.